The molecule has 14 heavy (non-hydrogen) atoms. The highest BCUT2D eigenvalue weighted by Gasteiger charge is 2.25. The molecule has 0 spiro atoms. The average Bonchev–Trinajstić information content (AvgIpc) is 2.48. The number of nitrogens with zero attached hydrogens (tertiary/aromatic N) is 1. The van der Waals surface area contributed by atoms with Crippen molar-refractivity contribution in [2.75, 3.05) is 7.05 Å². The Bertz CT molecular complexity index is 400. The van der Waals surface area contributed by atoms with Crippen LogP contribution in [0.4, 0.5) is 0 Å². The van der Waals surface area contributed by atoms with E-state index >= 15 is 0 Å². The minimum atomic E-state index is -0.474. The molecule has 0 saturated carbocycles. The molecule has 0 saturated heterocycles. The van der Waals surface area contributed by atoms with E-state index < -0.39 is 6.10 Å². The number of rotatable bonds is 2. The molecule has 1 atom stereocenters. The van der Waals surface area contributed by atoms with Gasteiger partial charge in [0.05, 0.1) is 11.8 Å². The maximum atomic E-state index is 11.2. The van der Waals surface area contributed by atoms with Crippen molar-refractivity contribution in [1.29, 1.82) is 0 Å². The average molecular weight is 195 g/mol. The number of aliphatic hydroxyl groups excluding tert-OH is 1. The van der Waals surface area contributed by atoms with Crippen molar-refractivity contribution in [2.24, 2.45) is 0 Å². The molecule has 0 aromatic carbocycles. The van der Waals surface area contributed by atoms with E-state index in [1.165, 1.54) is 0 Å². The van der Waals surface area contributed by atoms with Crippen LogP contribution in [0, 0.1) is 0 Å². The lowest BCUT2D eigenvalue weighted by Crippen LogP contribution is -2.20. The van der Waals surface area contributed by atoms with E-state index in [4.69, 9.17) is 0 Å². The highest BCUT2D eigenvalue weighted by Crippen LogP contribution is 2.30. The summed E-state index contributed by atoms with van der Waals surface area (Å²) in [7, 11) is 1.79. The van der Waals surface area contributed by atoms with Crippen molar-refractivity contribution >= 4 is 0 Å². The van der Waals surface area contributed by atoms with Crippen LogP contribution < -0.4 is 11.0 Å². The molecule has 1 heterocycles. The molecule has 0 aliphatic heterocycles. The molecule has 0 fully saturated rings. The molecule has 0 amide bonds. The van der Waals surface area contributed by atoms with Crippen molar-refractivity contribution in [3.63, 3.8) is 0 Å². The van der Waals surface area contributed by atoms with Gasteiger partial charge in [0.1, 0.15) is 0 Å². The van der Waals surface area contributed by atoms with E-state index in [9.17, 15) is 9.90 Å². The molecule has 76 valence electrons. The van der Waals surface area contributed by atoms with E-state index in [1.807, 2.05) is 0 Å². The van der Waals surface area contributed by atoms with Crippen LogP contribution >= 0.6 is 0 Å². The molecule has 0 radical (unpaired) electrons. The van der Waals surface area contributed by atoms with Crippen molar-refractivity contribution < 1.29 is 5.11 Å². The first-order chi connectivity index (χ1) is 6.72. The molecule has 1 unspecified atom stereocenters. The van der Waals surface area contributed by atoms with Crippen LogP contribution in [0.2, 0.25) is 0 Å². The molecule has 1 aliphatic rings. The van der Waals surface area contributed by atoms with E-state index in [-0.39, 0.29) is 5.69 Å². The first-order valence-electron chi connectivity index (χ1n) is 4.67. The number of fused-ring (bicyclic) bond motifs is 1. The number of aromatic amines is 1. The third kappa shape index (κ3) is 1.44. The Hall–Kier alpha value is -1.20. The van der Waals surface area contributed by atoms with Gasteiger partial charge in [0.15, 0.2) is 0 Å². The van der Waals surface area contributed by atoms with Crippen LogP contribution in [-0.2, 0) is 13.0 Å². The lowest BCUT2D eigenvalue weighted by Gasteiger charge is -2.08. The first kappa shape index (κ1) is 9.36. The number of H-pyrrole nitrogens is 1. The second-order valence-corrected chi connectivity index (χ2v) is 3.47. The Labute approximate surface area is 81.2 Å². The molecular weight excluding hydrogens is 182 g/mol. The maximum absolute atomic E-state index is 11.2. The van der Waals surface area contributed by atoms with Gasteiger partial charge in [0.2, 0.25) is 0 Å². The number of nitrogens with one attached hydrogen (secondary N) is 2. The third-order valence-corrected chi connectivity index (χ3v) is 2.48. The second-order valence-electron chi connectivity index (χ2n) is 3.47. The molecule has 5 heteroatoms. The van der Waals surface area contributed by atoms with Crippen molar-refractivity contribution in [2.45, 2.75) is 25.5 Å². The third-order valence-electron chi connectivity index (χ3n) is 2.48. The number of aliphatic hydroxyl groups is 1. The summed E-state index contributed by atoms with van der Waals surface area (Å²) in [6.07, 6.45) is 0.927. The van der Waals surface area contributed by atoms with Crippen LogP contribution in [0.5, 0.6) is 0 Å². The Kier molecular flexibility index (Phi) is 2.35. The Morgan fingerprint density at radius 2 is 2.50 bits per heavy atom. The van der Waals surface area contributed by atoms with Crippen molar-refractivity contribution in [3.05, 3.63) is 27.4 Å². The maximum Gasteiger partial charge on any atom is 0.345 e. The molecule has 0 bridgehead atoms. The first-order valence-corrected chi connectivity index (χ1v) is 4.67. The summed E-state index contributed by atoms with van der Waals surface area (Å²) in [5.41, 5.74) is 1.97. The highest BCUT2D eigenvalue weighted by atomic mass is 16.3. The fraction of sp³-hybridized carbons (Fsp3) is 0.556. The minimum absolute atomic E-state index is 0.330. The summed E-state index contributed by atoms with van der Waals surface area (Å²) in [5.74, 6) is 0. The Morgan fingerprint density at radius 3 is 3.21 bits per heavy atom. The monoisotopic (exact) mass is 195 g/mol. The van der Waals surface area contributed by atoms with Crippen LogP contribution in [-0.4, -0.2) is 22.1 Å². The second kappa shape index (κ2) is 3.51. The number of aryl methyl sites for hydroxylation is 1. The SMILES string of the molecule is CNCc1nc(=O)[nH]c2c1C(O)CC2. The summed E-state index contributed by atoms with van der Waals surface area (Å²) in [6, 6.07) is 0. The summed E-state index contributed by atoms with van der Waals surface area (Å²) in [6.45, 7) is 0.517. The summed E-state index contributed by atoms with van der Waals surface area (Å²) in [5, 5.41) is 12.6. The fourth-order valence-corrected chi connectivity index (χ4v) is 1.90. The van der Waals surface area contributed by atoms with Gasteiger partial charge in [0, 0.05) is 17.8 Å². The van der Waals surface area contributed by atoms with Crippen LogP contribution in [0.25, 0.3) is 0 Å². The molecule has 3 N–H and O–H groups in total. The summed E-state index contributed by atoms with van der Waals surface area (Å²) >= 11 is 0. The lowest BCUT2D eigenvalue weighted by atomic mass is 10.1. The largest absolute Gasteiger partial charge is 0.388 e. The Balaban J connectivity index is 2.53. The van der Waals surface area contributed by atoms with Gasteiger partial charge < -0.3 is 15.4 Å². The number of aromatic nitrogens is 2. The molecule has 1 aromatic heterocycles. The lowest BCUT2D eigenvalue weighted by molar-refractivity contribution is 0.178. The fourth-order valence-electron chi connectivity index (χ4n) is 1.90. The summed E-state index contributed by atoms with van der Waals surface area (Å²) in [4.78, 5) is 17.7. The minimum Gasteiger partial charge on any atom is -0.388 e. The zero-order valence-corrected chi connectivity index (χ0v) is 8.00. The predicted molar refractivity (Wildman–Crippen MR) is 50.9 cm³/mol. The van der Waals surface area contributed by atoms with Crippen molar-refractivity contribution in [1.82, 2.24) is 15.3 Å². The molecule has 2 rings (SSSR count). The smallest absolute Gasteiger partial charge is 0.345 e. The van der Waals surface area contributed by atoms with Gasteiger partial charge in [-0.1, -0.05) is 0 Å². The van der Waals surface area contributed by atoms with Crippen molar-refractivity contribution in [3.8, 4) is 0 Å². The van der Waals surface area contributed by atoms with Gasteiger partial charge in [0.25, 0.3) is 0 Å². The van der Waals surface area contributed by atoms with Gasteiger partial charge >= 0.3 is 5.69 Å². The van der Waals surface area contributed by atoms with Crippen LogP contribution in [0.15, 0.2) is 4.79 Å². The van der Waals surface area contributed by atoms with Crippen LogP contribution in [0.3, 0.4) is 0 Å². The summed E-state index contributed by atoms with van der Waals surface area (Å²) < 4.78 is 0. The van der Waals surface area contributed by atoms with Gasteiger partial charge in [-0.3, -0.25) is 0 Å². The normalized spacial score (nSPS) is 19.7. The highest BCUT2D eigenvalue weighted by molar-refractivity contribution is 5.31. The zero-order chi connectivity index (χ0) is 10.1. The molecular formula is C9H13N3O2. The predicted octanol–water partition coefficient (Wildman–Crippen LogP) is -0.531. The van der Waals surface area contributed by atoms with E-state index in [2.05, 4.69) is 15.3 Å². The zero-order valence-electron chi connectivity index (χ0n) is 8.00. The van der Waals surface area contributed by atoms with E-state index in [0.717, 1.165) is 17.7 Å². The van der Waals surface area contributed by atoms with Gasteiger partial charge in [-0.2, -0.15) is 4.98 Å². The van der Waals surface area contributed by atoms with E-state index in [1.54, 1.807) is 7.05 Å². The molecule has 1 aromatic rings. The van der Waals surface area contributed by atoms with E-state index in [0.29, 0.717) is 18.7 Å². The number of hydrogen-bond donors (Lipinski definition) is 3. The quantitative estimate of drug-likeness (QED) is 0.592. The van der Waals surface area contributed by atoms with Gasteiger partial charge in [-0.15, -0.1) is 0 Å². The van der Waals surface area contributed by atoms with Gasteiger partial charge in [-0.05, 0) is 19.9 Å². The Morgan fingerprint density at radius 1 is 1.71 bits per heavy atom. The topological polar surface area (TPSA) is 78.0 Å². The molecule has 5 nitrogen and oxygen atoms in total. The van der Waals surface area contributed by atoms with Gasteiger partial charge in [-0.25, -0.2) is 4.79 Å². The molecule has 1 aliphatic carbocycles. The number of hydrogen-bond acceptors (Lipinski definition) is 4. The standard InChI is InChI=1S/C9H13N3O2/c1-10-4-6-8-5(2-3-7(8)13)11-9(14)12-6/h7,10,13H,2-4H2,1H3,(H,11,12,14). The van der Waals surface area contributed by atoms with Crippen LogP contribution in [0.1, 0.15) is 29.5 Å².